The first kappa shape index (κ1) is 24.1. The number of sulfone groups is 1. The molecule has 0 saturated carbocycles. The Hall–Kier alpha value is -3.51. The number of aromatic nitrogens is 1. The zero-order valence-electron chi connectivity index (χ0n) is 18.2. The Morgan fingerprint density at radius 1 is 1.21 bits per heavy atom. The van der Waals surface area contributed by atoms with Crippen molar-refractivity contribution >= 4 is 33.2 Å². The fraction of sp³-hybridized carbons (Fsp3) is 0.333. The monoisotopic (exact) mass is 477 g/mol. The molecule has 2 heterocycles. The van der Waals surface area contributed by atoms with Crippen molar-refractivity contribution in [2.24, 2.45) is 0 Å². The molecule has 0 fully saturated rings. The molecule has 0 saturated heterocycles. The van der Waals surface area contributed by atoms with Gasteiger partial charge in [-0.15, -0.1) is 0 Å². The van der Waals surface area contributed by atoms with E-state index in [1.165, 1.54) is 37.4 Å². The van der Waals surface area contributed by atoms with Crippen LogP contribution in [0.2, 0.25) is 0 Å². The van der Waals surface area contributed by atoms with E-state index in [2.05, 4.69) is 10.3 Å². The quantitative estimate of drug-likeness (QED) is 0.500. The number of aliphatic hydroxyl groups is 1. The van der Waals surface area contributed by atoms with Crippen molar-refractivity contribution in [2.45, 2.75) is 13.0 Å². The minimum atomic E-state index is -3.68. The number of fused-ring (bicyclic) bond motifs is 1. The maximum Gasteiger partial charge on any atom is 0.264 e. The van der Waals surface area contributed by atoms with Crippen LogP contribution in [-0.4, -0.2) is 73.5 Å². The molecule has 2 aromatic rings. The predicted octanol–water partition coefficient (Wildman–Crippen LogP) is 0.802. The second-order valence-corrected chi connectivity index (χ2v) is 9.38. The summed E-state index contributed by atoms with van der Waals surface area (Å²) >= 11 is 0. The molecule has 3 amide bonds. The van der Waals surface area contributed by atoms with Gasteiger partial charge in [-0.2, -0.15) is 0 Å². The number of imide groups is 1. The summed E-state index contributed by atoms with van der Waals surface area (Å²) < 4.78 is 35.1. The highest BCUT2D eigenvalue weighted by Gasteiger charge is 2.44. The third-order valence-corrected chi connectivity index (χ3v) is 5.75. The van der Waals surface area contributed by atoms with E-state index >= 15 is 0 Å². The SMILES string of the molecule is CCOc1nc([C@H](CS(C)(=O)=O)N2C(=O)c3cccc(NC(=O)CO)c3C2=O)ccc1OC. The summed E-state index contributed by atoms with van der Waals surface area (Å²) in [4.78, 5) is 43.4. The number of rotatable bonds is 9. The van der Waals surface area contributed by atoms with Gasteiger partial charge in [0.05, 0.1) is 48.0 Å². The highest BCUT2D eigenvalue weighted by atomic mass is 32.2. The molecule has 0 aliphatic carbocycles. The lowest BCUT2D eigenvalue weighted by Gasteiger charge is -2.26. The molecule has 0 radical (unpaired) electrons. The largest absolute Gasteiger partial charge is 0.491 e. The van der Waals surface area contributed by atoms with E-state index in [4.69, 9.17) is 14.6 Å². The number of anilines is 1. The first-order valence-corrected chi connectivity index (χ1v) is 11.9. The minimum Gasteiger partial charge on any atom is -0.491 e. The Kier molecular flexibility index (Phi) is 6.98. The maximum absolute atomic E-state index is 13.3. The molecule has 1 atom stereocenters. The third kappa shape index (κ3) is 4.96. The molecule has 1 aliphatic heterocycles. The molecule has 176 valence electrons. The molecular weight excluding hydrogens is 454 g/mol. The Morgan fingerprint density at radius 2 is 1.94 bits per heavy atom. The first-order valence-electron chi connectivity index (χ1n) is 9.88. The van der Waals surface area contributed by atoms with E-state index in [0.717, 1.165) is 11.2 Å². The number of hydrogen-bond donors (Lipinski definition) is 2. The van der Waals surface area contributed by atoms with E-state index in [9.17, 15) is 22.8 Å². The fourth-order valence-corrected chi connectivity index (χ4v) is 4.38. The fourth-order valence-electron chi connectivity index (χ4n) is 3.48. The van der Waals surface area contributed by atoms with Crippen LogP contribution in [0.5, 0.6) is 11.6 Å². The van der Waals surface area contributed by atoms with Crippen molar-refractivity contribution in [2.75, 3.05) is 37.6 Å². The van der Waals surface area contributed by atoms with Crippen LogP contribution in [0.4, 0.5) is 5.69 Å². The summed E-state index contributed by atoms with van der Waals surface area (Å²) in [6.45, 7) is 1.17. The predicted molar refractivity (Wildman–Crippen MR) is 117 cm³/mol. The lowest BCUT2D eigenvalue weighted by atomic mass is 10.1. The van der Waals surface area contributed by atoms with E-state index in [-0.39, 0.29) is 35.0 Å². The maximum atomic E-state index is 13.3. The molecule has 0 bridgehead atoms. The molecule has 1 aromatic carbocycles. The number of aliphatic hydroxyl groups excluding tert-OH is 1. The van der Waals surface area contributed by atoms with Crippen LogP contribution in [-0.2, 0) is 14.6 Å². The zero-order valence-corrected chi connectivity index (χ0v) is 19.0. The van der Waals surface area contributed by atoms with Gasteiger partial charge in [-0.1, -0.05) is 6.07 Å². The number of carbonyl (C=O) groups excluding carboxylic acids is 3. The molecule has 0 unspecified atom stereocenters. The van der Waals surface area contributed by atoms with Crippen LogP contribution < -0.4 is 14.8 Å². The molecule has 12 heteroatoms. The van der Waals surface area contributed by atoms with Crippen molar-refractivity contribution in [3.05, 3.63) is 47.2 Å². The average molecular weight is 477 g/mol. The lowest BCUT2D eigenvalue weighted by molar-refractivity contribution is -0.118. The number of ether oxygens (including phenoxy) is 2. The summed E-state index contributed by atoms with van der Waals surface area (Å²) in [5.41, 5.74) is 0.0393. The molecule has 1 aliphatic rings. The highest BCUT2D eigenvalue weighted by Crippen LogP contribution is 2.37. The summed E-state index contributed by atoms with van der Waals surface area (Å²) in [7, 11) is -2.26. The van der Waals surface area contributed by atoms with Crippen LogP contribution in [0.1, 0.15) is 39.4 Å². The smallest absolute Gasteiger partial charge is 0.264 e. The zero-order chi connectivity index (χ0) is 24.3. The molecule has 1 aromatic heterocycles. The number of nitrogens with one attached hydrogen (secondary N) is 1. The van der Waals surface area contributed by atoms with E-state index < -0.39 is 46.0 Å². The van der Waals surface area contributed by atoms with Crippen LogP contribution in [0.25, 0.3) is 0 Å². The van der Waals surface area contributed by atoms with Crippen molar-refractivity contribution in [3.63, 3.8) is 0 Å². The highest BCUT2D eigenvalue weighted by molar-refractivity contribution is 7.90. The standard InChI is InChI=1S/C21H23N3O8S/c1-4-32-19-16(31-2)9-8-13(23-19)15(11-33(3,29)30)24-20(27)12-6-5-7-14(18(12)21(24)28)22-17(26)10-25/h5-9,15,25H,4,10-11H2,1-3H3,(H,22,26)/t15-/m0/s1. The number of benzene rings is 1. The summed E-state index contributed by atoms with van der Waals surface area (Å²) in [5.74, 6) is -2.50. The molecule has 0 spiro atoms. The first-order chi connectivity index (χ1) is 15.6. The molecule has 3 rings (SSSR count). The van der Waals surface area contributed by atoms with Crippen molar-refractivity contribution in [1.29, 1.82) is 0 Å². The molecule has 2 N–H and O–H groups in total. The van der Waals surface area contributed by atoms with Crippen molar-refractivity contribution < 1.29 is 37.4 Å². The minimum absolute atomic E-state index is 0.00668. The van der Waals surface area contributed by atoms with Gasteiger partial charge in [0.1, 0.15) is 16.4 Å². The lowest BCUT2D eigenvalue weighted by Crippen LogP contribution is -2.38. The second kappa shape index (κ2) is 9.55. The van der Waals surface area contributed by atoms with Crippen LogP contribution in [0.3, 0.4) is 0 Å². The van der Waals surface area contributed by atoms with Gasteiger partial charge in [0.15, 0.2) is 5.75 Å². The summed E-state index contributed by atoms with van der Waals surface area (Å²) in [6.07, 6.45) is 0.984. The third-order valence-electron chi connectivity index (χ3n) is 4.83. The second-order valence-electron chi connectivity index (χ2n) is 7.20. The van der Waals surface area contributed by atoms with Gasteiger partial charge in [0, 0.05) is 6.26 Å². The average Bonchev–Trinajstić information content (AvgIpc) is 3.02. The van der Waals surface area contributed by atoms with Gasteiger partial charge >= 0.3 is 0 Å². The van der Waals surface area contributed by atoms with Gasteiger partial charge in [0.25, 0.3) is 17.7 Å². The van der Waals surface area contributed by atoms with Crippen molar-refractivity contribution in [3.8, 4) is 11.6 Å². The van der Waals surface area contributed by atoms with Gasteiger partial charge in [0.2, 0.25) is 5.91 Å². The van der Waals surface area contributed by atoms with Gasteiger partial charge in [-0.3, -0.25) is 19.3 Å². The topological polar surface area (TPSA) is 152 Å². The Balaban J connectivity index is 2.12. The van der Waals surface area contributed by atoms with E-state index in [0.29, 0.717) is 5.75 Å². The Labute approximate surface area is 190 Å². The van der Waals surface area contributed by atoms with Crippen LogP contribution in [0.15, 0.2) is 30.3 Å². The van der Waals surface area contributed by atoms with Crippen LogP contribution in [0, 0.1) is 0 Å². The van der Waals surface area contributed by atoms with Crippen molar-refractivity contribution in [1.82, 2.24) is 9.88 Å². The molecular formula is C21H23N3O8S. The number of nitrogens with zero attached hydrogens (tertiary/aromatic N) is 2. The van der Waals surface area contributed by atoms with Crippen LogP contribution >= 0.6 is 0 Å². The number of hydrogen-bond acceptors (Lipinski definition) is 9. The van der Waals surface area contributed by atoms with E-state index in [1.807, 2.05) is 0 Å². The number of amides is 3. The number of pyridine rings is 1. The Bertz CT molecular complexity index is 1210. The van der Waals surface area contributed by atoms with E-state index in [1.54, 1.807) is 6.92 Å². The normalized spacial score (nSPS) is 14.1. The van der Waals surface area contributed by atoms with Gasteiger partial charge < -0.3 is 19.9 Å². The molecule has 11 nitrogen and oxygen atoms in total. The summed E-state index contributed by atoms with van der Waals surface area (Å²) in [5, 5.41) is 11.4. The molecule has 33 heavy (non-hydrogen) atoms. The Morgan fingerprint density at radius 3 is 2.55 bits per heavy atom. The number of carbonyl (C=O) groups is 3. The number of methoxy groups -OCH3 is 1. The van der Waals surface area contributed by atoms with Gasteiger partial charge in [-0.25, -0.2) is 13.4 Å². The van der Waals surface area contributed by atoms with Gasteiger partial charge in [-0.05, 0) is 31.2 Å². The summed E-state index contributed by atoms with van der Waals surface area (Å²) in [6, 6.07) is 5.97.